The molecule has 176 valence electrons. The second-order valence-corrected chi connectivity index (χ2v) is 10.8. The van der Waals surface area contributed by atoms with Crippen molar-refractivity contribution in [2.24, 2.45) is 11.8 Å². The van der Waals surface area contributed by atoms with E-state index in [1.165, 1.54) is 122 Å². The lowest BCUT2D eigenvalue weighted by atomic mass is 9.95. The molecule has 0 aromatic carbocycles. The molecule has 0 radical (unpaired) electrons. The third-order valence-electron chi connectivity index (χ3n) is 7.01. The van der Waals surface area contributed by atoms with Gasteiger partial charge in [0, 0.05) is 5.54 Å². The highest BCUT2D eigenvalue weighted by atomic mass is 14.9. The molecule has 0 aromatic rings. The van der Waals surface area contributed by atoms with Crippen molar-refractivity contribution >= 4 is 0 Å². The summed E-state index contributed by atoms with van der Waals surface area (Å²) in [5.41, 5.74) is 0.306. The minimum Gasteiger partial charge on any atom is -0.312 e. The van der Waals surface area contributed by atoms with Crippen LogP contribution in [0.3, 0.4) is 0 Å². The highest BCUT2D eigenvalue weighted by Gasteiger charge is 2.14. The molecule has 0 rings (SSSR count). The lowest BCUT2D eigenvalue weighted by molar-refractivity contribution is 0.334. The van der Waals surface area contributed by atoms with E-state index in [4.69, 9.17) is 0 Å². The Labute approximate surface area is 186 Å². The largest absolute Gasteiger partial charge is 0.312 e. The van der Waals surface area contributed by atoms with Crippen LogP contribution in [0.2, 0.25) is 0 Å². The van der Waals surface area contributed by atoms with E-state index in [9.17, 15) is 0 Å². The summed E-state index contributed by atoms with van der Waals surface area (Å²) in [6.45, 7) is 15.3. The molecule has 1 nitrogen and oxygen atoms in total. The van der Waals surface area contributed by atoms with Gasteiger partial charge in [-0.2, -0.15) is 0 Å². The van der Waals surface area contributed by atoms with E-state index in [1.54, 1.807) is 0 Å². The molecule has 0 amide bonds. The topological polar surface area (TPSA) is 12.0 Å². The second-order valence-electron chi connectivity index (χ2n) is 10.8. The average molecular weight is 410 g/mol. The highest BCUT2D eigenvalue weighted by molar-refractivity contribution is 4.76. The van der Waals surface area contributed by atoms with Crippen LogP contribution in [0.5, 0.6) is 0 Å². The monoisotopic (exact) mass is 409 g/mol. The third-order valence-corrected chi connectivity index (χ3v) is 7.01. The Morgan fingerprint density at radius 1 is 0.552 bits per heavy atom. The Kier molecular flexibility index (Phi) is 19.9. The lowest BCUT2D eigenvalue weighted by Gasteiger charge is -2.26. The van der Waals surface area contributed by atoms with Crippen molar-refractivity contribution in [3.63, 3.8) is 0 Å². The Morgan fingerprint density at radius 2 is 0.931 bits per heavy atom. The van der Waals surface area contributed by atoms with Crippen molar-refractivity contribution in [1.29, 1.82) is 0 Å². The van der Waals surface area contributed by atoms with Crippen LogP contribution in [0.25, 0.3) is 0 Å². The van der Waals surface area contributed by atoms with Crippen LogP contribution in [-0.2, 0) is 0 Å². The number of rotatable bonds is 22. The summed E-state index contributed by atoms with van der Waals surface area (Å²) < 4.78 is 0. The van der Waals surface area contributed by atoms with Crippen LogP contribution in [0, 0.1) is 11.8 Å². The van der Waals surface area contributed by atoms with E-state index in [0.29, 0.717) is 5.54 Å². The van der Waals surface area contributed by atoms with Gasteiger partial charge in [-0.15, -0.1) is 0 Å². The van der Waals surface area contributed by atoms with Crippen LogP contribution in [0.4, 0.5) is 0 Å². The number of hydrogen-bond acceptors (Lipinski definition) is 1. The highest BCUT2D eigenvalue weighted by Crippen LogP contribution is 2.19. The molecule has 0 aliphatic carbocycles. The summed E-state index contributed by atoms with van der Waals surface area (Å²) in [7, 11) is 0. The maximum atomic E-state index is 3.72. The fourth-order valence-corrected chi connectivity index (χ4v) is 4.14. The average Bonchev–Trinajstić information content (AvgIpc) is 2.70. The van der Waals surface area contributed by atoms with Crippen molar-refractivity contribution in [1.82, 2.24) is 5.32 Å². The van der Waals surface area contributed by atoms with Crippen molar-refractivity contribution in [3.05, 3.63) is 0 Å². The smallest absolute Gasteiger partial charge is 0.0122 e. The van der Waals surface area contributed by atoms with Gasteiger partial charge in [-0.05, 0) is 45.1 Å². The molecule has 0 aliphatic heterocycles. The molecule has 2 atom stereocenters. The second kappa shape index (κ2) is 19.9. The molecule has 2 unspecified atom stereocenters. The van der Waals surface area contributed by atoms with E-state index in [-0.39, 0.29) is 0 Å². The Hall–Kier alpha value is -0.0400. The first kappa shape index (κ1) is 29.0. The van der Waals surface area contributed by atoms with Crippen LogP contribution in [-0.4, -0.2) is 12.1 Å². The van der Waals surface area contributed by atoms with Crippen molar-refractivity contribution in [2.75, 3.05) is 6.54 Å². The maximum absolute atomic E-state index is 3.72. The zero-order valence-electron chi connectivity index (χ0n) is 21.6. The van der Waals surface area contributed by atoms with Gasteiger partial charge in [0.15, 0.2) is 0 Å². The van der Waals surface area contributed by atoms with Crippen molar-refractivity contribution in [2.45, 2.75) is 163 Å². The van der Waals surface area contributed by atoms with Gasteiger partial charge in [-0.25, -0.2) is 0 Å². The van der Waals surface area contributed by atoms with Gasteiger partial charge in [0.05, 0.1) is 0 Å². The summed E-state index contributed by atoms with van der Waals surface area (Å²) >= 11 is 0. The molecule has 1 heteroatoms. The molecule has 0 aromatic heterocycles. The van der Waals surface area contributed by atoms with Gasteiger partial charge in [-0.1, -0.05) is 130 Å². The quantitative estimate of drug-likeness (QED) is 0.175. The number of nitrogens with one attached hydrogen (secondary N) is 1. The first-order valence-electron chi connectivity index (χ1n) is 13.7. The van der Waals surface area contributed by atoms with Crippen molar-refractivity contribution < 1.29 is 0 Å². The lowest BCUT2D eigenvalue weighted by Crippen LogP contribution is -2.40. The molecule has 0 saturated heterocycles. The van der Waals surface area contributed by atoms with Crippen LogP contribution < -0.4 is 5.32 Å². The third kappa shape index (κ3) is 21.0. The van der Waals surface area contributed by atoms with Gasteiger partial charge in [0.2, 0.25) is 0 Å². The normalized spacial score (nSPS) is 14.3. The van der Waals surface area contributed by atoms with Gasteiger partial charge < -0.3 is 5.32 Å². The standard InChI is InChI=1S/C28H59N/c1-7-9-10-11-13-16-19-22-26(3)23-20-17-14-12-15-18-21-24-27(4)25-29-28(5,6)8-2/h26-27,29H,7-25H2,1-6H3. The molecule has 0 saturated carbocycles. The molecule has 0 heterocycles. The molecule has 1 N–H and O–H groups in total. The summed E-state index contributed by atoms with van der Waals surface area (Å²) in [5, 5.41) is 3.72. The molecule has 0 spiro atoms. The molecule has 0 aliphatic rings. The SMILES string of the molecule is CCCCCCCCCC(C)CCCCCCCCCC(C)CNC(C)(C)CC. The minimum absolute atomic E-state index is 0.306. The van der Waals surface area contributed by atoms with Crippen molar-refractivity contribution in [3.8, 4) is 0 Å². The molecule has 29 heavy (non-hydrogen) atoms. The Morgan fingerprint density at radius 3 is 1.34 bits per heavy atom. The van der Waals surface area contributed by atoms with Crippen LogP contribution in [0.1, 0.15) is 157 Å². The zero-order chi connectivity index (χ0) is 21.8. The zero-order valence-corrected chi connectivity index (χ0v) is 21.6. The first-order valence-corrected chi connectivity index (χ1v) is 13.7. The van der Waals surface area contributed by atoms with Gasteiger partial charge in [0.25, 0.3) is 0 Å². The Balaban J connectivity index is 3.32. The molecule has 0 bridgehead atoms. The summed E-state index contributed by atoms with van der Waals surface area (Å²) in [6, 6.07) is 0. The molecular weight excluding hydrogens is 350 g/mol. The Bertz CT molecular complexity index is 322. The predicted molar refractivity (Wildman–Crippen MR) is 135 cm³/mol. The van der Waals surface area contributed by atoms with Crippen LogP contribution >= 0.6 is 0 Å². The minimum atomic E-state index is 0.306. The molecule has 0 fully saturated rings. The van der Waals surface area contributed by atoms with E-state index in [2.05, 4.69) is 46.9 Å². The van der Waals surface area contributed by atoms with Gasteiger partial charge in [0.1, 0.15) is 0 Å². The maximum Gasteiger partial charge on any atom is 0.0122 e. The van der Waals surface area contributed by atoms with Gasteiger partial charge >= 0.3 is 0 Å². The summed E-state index contributed by atoms with van der Waals surface area (Å²) in [5.74, 6) is 1.78. The van der Waals surface area contributed by atoms with Gasteiger partial charge in [-0.3, -0.25) is 0 Å². The molecular formula is C28H59N. The number of unbranched alkanes of at least 4 members (excludes halogenated alkanes) is 12. The summed E-state index contributed by atoms with van der Waals surface area (Å²) in [6.07, 6.45) is 25.8. The number of hydrogen-bond donors (Lipinski definition) is 1. The van der Waals surface area contributed by atoms with E-state index in [1.807, 2.05) is 0 Å². The first-order chi connectivity index (χ1) is 13.9. The van der Waals surface area contributed by atoms with E-state index >= 15 is 0 Å². The fraction of sp³-hybridized carbons (Fsp3) is 1.00. The van der Waals surface area contributed by atoms with Crippen LogP contribution in [0.15, 0.2) is 0 Å². The fourth-order valence-electron chi connectivity index (χ4n) is 4.14. The predicted octanol–water partition coefficient (Wildman–Crippen LogP) is 9.69. The van der Waals surface area contributed by atoms with E-state index < -0.39 is 0 Å². The van der Waals surface area contributed by atoms with E-state index in [0.717, 1.165) is 11.8 Å². The summed E-state index contributed by atoms with van der Waals surface area (Å²) in [4.78, 5) is 0.